The molecule has 1 fully saturated rings. The highest BCUT2D eigenvalue weighted by atomic mass is 35.5. The van der Waals surface area contributed by atoms with Crippen LogP contribution in [0, 0.1) is 5.92 Å². The molecule has 0 saturated carbocycles. The third-order valence-corrected chi connectivity index (χ3v) is 5.16. The third-order valence-electron chi connectivity index (χ3n) is 4.51. The number of aromatic nitrogens is 1. The normalized spacial score (nSPS) is 23.2. The van der Waals surface area contributed by atoms with E-state index in [1.807, 2.05) is 0 Å². The number of hydrogen-bond acceptors (Lipinski definition) is 4. The second-order valence-corrected chi connectivity index (χ2v) is 7.08. The van der Waals surface area contributed by atoms with E-state index in [1.165, 1.54) is 0 Å². The number of rotatable bonds is 6. The molecule has 1 aliphatic heterocycles. The monoisotopic (exact) mass is 345 g/mol. The molecule has 2 heterocycles. The van der Waals surface area contributed by atoms with E-state index < -0.39 is 0 Å². The lowest BCUT2D eigenvalue weighted by Gasteiger charge is -2.42. The maximum atomic E-state index is 9.13. The van der Waals surface area contributed by atoms with E-state index in [0.29, 0.717) is 22.0 Å². The molecule has 1 aromatic rings. The summed E-state index contributed by atoms with van der Waals surface area (Å²) in [4.78, 5) is 8.73. The van der Waals surface area contributed by atoms with Crippen LogP contribution in [0.4, 0.5) is 0 Å². The highest BCUT2D eigenvalue weighted by Crippen LogP contribution is 2.29. The fraction of sp³-hybridized carbons (Fsp3) is 0.688. The molecule has 22 heavy (non-hydrogen) atoms. The van der Waals surface area contributed by atoms with E-state index >= 15 is 0 Å². The Morgan fingerprint density at radius 1 is 1.32 bits per heavy atom. The summed E-state index contributed by atoms with van der Waals surface area (Å²) in [6.07, 6.45) is 6.34. The molecule has 2 rings (SSSR count). The van der Waals surface area contributed by atoms with Crippen molar-refractivity contribution in [3.8, 4) is 0 Å². The van der Waals surface area contributed by atoms with Crippen molar-refractivity contribution in [3.63, 3.8) is 0 Å². The predicted octanol–water partition coefficient (Wildman–Crippen LogP) is 2.91. The average molecular weight is 346 g/mol. The van der Waals surface area contributed by atoms with Gasteiger partial charge < -0.3 is 10.0 Å². The number of likely N-dealkylation sites (tertiary alicyclic amines) is 1. The molecule has 2 atom stereocenters. The molecule has 0 bridgehead atoms. The quantitative estimate of drug-likeness (QED) is 0.860. The van der Waals surface area contributed by atoms with E-state index in [0.717, 1.165) is 44.5 Å². The Hall–Kier alpha value is -0.390. The van der Waals surface area contributed by atoms with Crippen molar-refractivity contribution in [1.29, 1.82) is 0 Å². The number of aliphatic hydroxyl groups excluding tert-OH is 1. The van der Waals surface area contributed by atoms with Crippen molar-refractivity contribution in [1.82, 2.24) is 14.8 Å². The fourth-order valence-corrected chi connectivity index (χ4v) is 3.85. The topological polar surface area (TPSA) is 39.6 Å². The van der Waals surface area contributed by atoms with Crippen LogP contribution in [0.2, 0.25) is 10.0 Å². The third kappa shape index (κ3) is 4.56. The largest absolute Gasteiger partial charge is 0.396 e. The van der Waals surface area contributed by atoms with E-state index in [1.54, 1.807) is 12.4 Å². The van der Waals surface area contributed by atoms with Crippen LogP contribution >= 0.6 is 23.2 Å². The van der Waals surface area contributed by atoms with Gasteiger partial charge in [-0.15, -0.1) is 0 Å². The second kappa shape index (κ2) is 8.46. The van der Waals surface area contributed by atoms with Crippen LogP contribution in [0.1, 0.15) is 24.8 Å². The number of pyridine rings is 1. The number of hydrogen-bond donors (Lipinski definition) is 1. The lowest BCUT2D eigenvalue weighted by atomic mass is 9.87. The molecule has 124 valence electrons. The Labute approximate surface area is 143 Å². The van der Waals surface area contributed by atoms with Gasteiger partial charge >= 0.3 is 0 Å². The van der Waals surface area contributed by atoms with E-state index in [4.69, 9.17) is 28.3 Å². The Balaban J connectivity index is 2.04. The van der Waals surface area contributed by atoms with E-state index in [9.17, 15) is 0 Å². The lowest BCUT2D eigenvalue weighted by molar-refractivity contribution is 0.0717. The van der Waals surface area contributed by atoms with Gasteiger partial charge in [-0.05, 0) is 45.8 Å². The Bertz CT molecular complexity index is 464. The first-order valence-corrected chi connectivity index (χ1v) is 8.56. The average Bonchev–Trinajstić information content (AvgIpc) is 2.49. The first kappa shape index (κ1) is 18.0. The predicted molar refractivity (Wildman–Crippen MR) is 91.4 cm³/mol. The standard InChI is InChI=1S/C16H25Cl2N3O/c1-20(2)16-5-6-21(10-12(16)4-3-7-22)11-13-14(17)8-19-9-15(13)18/h8-9,12,16,22H,3-7,10-11H2,1-2H3/t12-,16+/m0/s1. The molecule has 0 aliphatic carbocycles. The summed E-state index contributed by atoms with van der Waals surface area (Å²) in [6, 6.07) is 0.575. The van der Waals surface area contributed by atoms with Gasteiger partial charge in [0.25, 0.3) is 0 Å². The smallest absolute Gasteiger partial charge is 0.0649 e. The molecule has 0 spiro atoms. The molecular weight excluding hydrogens is 321 g/mol. The minimum absolute atomic E-state index is 0.263. The zero-order chi connectivity index (χ0) is 16.1. The van der Waals surface area contributed by atoms with E-state index in [-0.39, 0.29) is 6.61 Å². The minimum atomic E-state index is 0.263. The molecule has 1 aliphatic rings. The number of piperidine rings is 1. The van der Waals surface area contributed by atoms with Crippen LogP contribution in [0.3, 0.4) is 0 Å². The van der Waals surface area contributed by atoms with Crippen LogP contribution in [0.15, 0.2) is 12.4 Å². The van der Waals surface area contributed by atoms with Crippen molar-refractivity contribution in [2.24, 2.45) is 5.92 Å². The molecule has 6 heteroatoms. The van der Waals surface area contributed by atoms with Gasteiger partial charge in [0, 0.05) is 43.7 Å². The Morgan fingerprint density at radius 3 is 2.59 bits per heavy atom. The van der Waals surface area contributed by atoms with Crippen LogP contribution in [-0.4, -0.2) is 59.7 Å². The minimum Gasteiger partial charge on any atom is -0.396 e. The number of nitrogens with zero attached hydrogens (tertiary/aromatic N) is 3. The van der Waals surface area contributed by atoms with Crippen LogP contribution in [0.5, 0.6) is 0 Å². The van der Waals surface area contributed by atoms with Gasteiger partial charge in [0.1, 0.15) is 0 Å². The summed E-state index contributed by atoms with van der Waals surface area (Å²) in [5, 5.41) is 10.4. The number of aliphatic hydroxyl groups is 1. The maximum absolute atomic E-state index is 9.13. The summed E-state index contributed by atoms with van der Waals surface area (Å²) in [5.41, 5.74) is 0.961. The zero-order valence-electron chi connectivity index (χ0n) is 13.3. The summed E-state index contributed by atoms with van der Waals surface area (Å²) < 4.78 is 0. The van der Waals surface area contributed by atoms with Crippen LogP contribution in [-0.2, 0) is 6.54 Å². The van der Waals surface area contributed by atoms with Crippen molar-refractivity contribution in [2.45, 2.75) is 31.8 Å². The molecule has 0 radical (unpaired) electrons. The molecule has 0 aromatic carbocycles. The SMILES string of the molecule is CN(C)[C@@H]1CCN(Cc2c(Cl)cncc2Cl)C[C@@H]1CCCO. The van der Waals surface area contributed by atoms with Crippen molar-refractivity contribution in [2.75, 3.05) is 33.8 Å². The molecule has 0 amide bonds. The van der Waals surface area contributed by atoms with Crippen LogP contribution < -0.4 is 0 Å². The van der Waals surface area contributed by atoms with Gasteiger partial charge in [-0.3, -0.25) is 9.88 Å². The van der Waals surface area contributed by atoms with Crippen molar-refractivity contribution < 1.29 is 5.11 Å². The Kier molecular flexibility index (Phi) is 6.90. The van der Waals surface area contributed by atoms with Gasteiger partial charge in [0.05, 0.1) is 10.0 Å². The highest BCUT2D eigenvalue weighted by Gasteiger charge is 2.30. The summed E-state index contributed by atoms with van der Waals surface area (Å²) in [5.74, 6) is 0.565. The molecule has 4 nitrogen and oxygen atoms in total. The van der Waals surface area contributed by atoms with Gasteiger partial charge in [-0.2, -0.15) is 0 Å². The lowest BCUT2D eigenvalue weighted by Crippen LogP contribution is -2.48. The number of halogens is 2. The van der Waals surface area contributed by atoms with Crippen molar-refractivity contribution >= 4 is 23.2 Å². The maximum Gasteiger partial charge on any atom is 0.0649 e. The van der Waals surface area contributed by atoms with Gasteiger partial charge in [-0.1, -0.05) is 23.2 Å². The molecule has 1 aromatic heterocycles. The summed E-state index contributed by atoms with van der Waals surface area (Å²) in [7, 11) is 4.28. The van der Waals surface area contributed by atoms with E-state index in [2.05, 4.69) is 28.9 Å². The Morgan fingerprint density at radius 2 is 2.00 bits per heavy atom. The first-order valence-electron chi connectivity index (χ1n) is 7.80. The first-order chi connectivity index (χ1) is 10.5. The van der Waals surface area contributed by atoms with Gasteiger partial charge in [-0.25, -0.2) is 0 Å². The molecule has 1 N–H and O–H groups in total. The molecular formula is C16H25Cl2N3O. The molecule has 0 unspecified atom stereocenters. The van der Waals surface area contributed by atoms with Crippen molar-refractivity contribution in [3.05, 3.63) is 28.0 Å². The fourth-order valence-electron chi connectivity index (χ4n) is 3.37. The highest BCUT2D eigenvalue weighted by molar-refractivity contribution is 6.35. The van der Waals surface area contributed by atoms with Gasteiger partial charge in [0.15, 0.2) is 0 Å². The van der Waals surface area contributed by atoms with Crippen LogP contribution in [0.25, 0.3) is 0 Å². The second-order valence-electron chi connectivity index (χ2n) is 6.26. The zero-order valence-corrected chi connectivity index (χ0v) is 14.8. The molecule has 1 saturated heterocycles. The summed E-state index contributed by atoms with van der Waals surface area (Å²) >= 11 is 12.5. The van der Waals surface area contributed by atoms with Gasteiger partial charge in [0.2, 0.25) is 0 Å². The summed E-state index contributed by atoms with van der Waals surface area (Å²) in [6.45, 7) is 3.07.